The molecule has 14 rings (SSSR count). The number of thiophene rings is 1. The second kappa shape index (κ2) is 11.9. The zero-order valence-electron chi connectivity index (χ0n) is 32.9. The van der Waals surface area contributed by atoms with Crippen LogP contribution in [-0.4, -0.2) is 18.9 Å². The number of hydrogen-bond acceptors (Lipinski definition) is 4. The molecular formula is C55H32N4OS. The molecule has 0 aliphatic heterocycles. The van der Waals surface area contributed by atoms with Gasteiger partial charge in [-0.05, 0) is 70.9 Å². The molecule has 0 saturated carbocycles. The Morgan fingerprint density at radius 1 is 0.607 bits per heavy atom. The molecule has 0 bridgehead atoms. The molecule has 14 aromatic rings. The van der Waals surface area contributed by atoms with Crippen molar-refractivity contribution in [3.63, 3.8) is 0 Å². The highest BCUT2D eigenvalue weighted by Crippen LogP contribution is 2.49. The highest BCUT2D eigenvalue weighted by molar-refractivity contribution is 7.27. The predicted molar refractivity (Wildman–Crippen MR) is 258 cm³/mol. The van der Waals surface area contributed by atoms with Crippen LogP contribution in [0.2, 0.25) is 0 Å². The van der Waals surface area contributed by atoms with Crippen LogP contribution in [0, 0.1) is 6.92 Å². The van der Waals surface area contributed by atoms with Crippen LogP contribution >= 0.6 is 11.3 Å². The van der Waals surface area contributed by atoms with Gasteiger partial charge in [-0.2, -0.15) is 0 Å². The van der Waals surface area contributed by atoms with Crippen LogP contribution in [0.25, 0.3) is 136 Å². The lowest BCUT2D eigenvalue weighted by atomic mass is 9.98. The van der Waals surface area contributed by atoms with E-state index in [9.17, 15) is 0 Å². The van der Waals surface area contributed by atoms with Gasteiger partial charge in [0.15, 0.2) is 17.2 Å². The summed E-state index contributed by atoms with van der Waals surface area (Å²) in [7, 11) is 0. The number of benzene rings is 8. The molecule has 6 heteroatoms. The van der Waals surface area contributed by atoms with Crippen molar-refractivity contribution in [3.05, 3.63) is 176 Å². The van der Waals surface area contributed by atoms with Gasteiger partial charge < -0.3 is 8.82 Å². The van der Waals surface area contributed by atoms with Crippen LogP contribution in [0.3, 0.4) is 0 Å². The monoisotopic (exact) mass is 796 g/mol. The molecule has 5 nitrogen and oxygen atoms in total. The van der Waals surface area contributed by atoms with Gasteiger partial charge in [0, 0.05) is 64.6 Å². The number of nitrogens with zero attached hydrogens (tertiary/aromatic N) is 4. The molecule has 8 aromatic carbocycles. The summed E-state index contributed by atoms with van der Waals surface area (Å²) >= 11 is 1.84. The molecule has 61 heavy (non-hydrogen) atoms. The first-order chi connectivity index (χ1) is 30.1. The van der Waals surface area contributed by atoms with Crippen LogP contribution in [-0.2, 0) is 0 Å². The number of hydrogen-bond donors (Lipinski definition) is 0. The highest BCUT2D eigenvalue weighted by atomic mass is 32.1. The van der Waals surface area contributed by atoms with E-state index >= 15 is 0 Å². The standard InChI is InChI=1S/C55H32N4OS/c1-3-4-17-34-30(2)58(51-47(34)37-20-7-8-21-38(37)48-39-22-11-14-25-46(39)61-53(48)51)55-52-49(42-26-31-15-5-6-16-32(31)29-45(42)60-52)56-54(57-55)33-27-40-35-18-9-12-23-43(35)59-44-24-13-10-19-36(44)41(28-33)50(40)59/h3-29H,1H2,2H3/b17-4-. The lowest BCUT2D eigenvalue weighted by Gasteiger charge is -2.12. The number of allylic oxidation sites excluding steroid dienone is 2. The summed E-state index contributed by atoms with van der Waals surface area (Å²) in [6, 6.07) is 52.4. The molecule has 0 saturated heterocycles. The van der Waals surface area contributed by atoms with Crippen molar-refractivity contribution < 1.29 is 4.42 Å². The number of para-hydroxylation sites is 2. The third kappa shape index (κ3) is 4.29. The fraction of sp³-hybridized carbons (Fsp3) is 0.0182. The van der Waals surface area contributed by atoms with Crippen molar-refractivity contribution in [1.82, 2.24) is 18.9 Å². The van der Waals surface area contributed by atoms with Crippen LogP contribution in [0.15, 0.2) is 169 Å². The number of rotatable bonds is 4. The first-order valence-electron chi connectivity index (χ1n) is 20.6. The van der Waals surface area contributed by atoms with Crippen LogP contribution in [0.1, 0.15) is 11.3 Å². The van der Waals surface area contributed by atoms with Gasteiger partial charge in [-0.3, -0.25) is 4.57 Å². The second-order valence-electron chi connectivity index (χ2n) is 16.1. The molecule has 0 aliphatic carbocycles. The van der Waals surface area contributed by atoms with Crippen LogP contribution < -0.4 is 0 Å². The van der Waals surface area contributed by atoms with E-state index in [1.54, 1.807) is 0 Å². The Balaban J connectivity index is 1.19. The van der Waals surface area contributed by atoms with Gasteiger partial charge in [0.2, 0.25) is 0 Å². The minimum absolute atomic E-state index is 0.649. The minimum atomic E-state index is 0.649. The average Bonchev–Trinajstić information content (AvgIpc) is 4.10. The van der Waals surface area contributed by atoms with E-state index in [0.717, 1.165) is 55.4 Å². The van der Waals surface area contributed by atoms with Gasteiger partial charge in [-0.25, -0.2) is 9.97 Å². The van der Waals surface area contributed by atoms with Crippen molar-refractivity contribution in [2.24, 2.45) is 0 Å². The number of fused-ring (bicyclic) bond motifs is 18. The summed E-state index contributed by atoms with van der Waals surface area (Å²) in [6.07, 6.45) is 6.08. The van der Waals surface area contributed by atoms with Gasteiger partial charge >= 0.3 is 0 Å². The molecular weight excluding hydrogens is 765 g/mol. The SMILES string of the molecule is C=C/C=C\c1c(C)n(-c2nc(-c3cc4c5ccccc5n5c6ccccc6c(c3)c45)nc3c2oc2cc4ccccc4cc23)c2c3sc4ccccc4c3c3ccccc3c12. The van der Waals surface area contributed by atoms with Gasteiger partial charge in [-0.1, -0.05) is 128 Å². The van der Waals surface area contributed by atoms with E-state index < -0.39 is 0 Å². The minimum Gasteiger partial charge on any atom is -0.450 e. The van der Waals surface area contributed by atoms with E-state index in [4.69, 9.17) is 14.4 Å². The molecule has 0 fully saturated rings. The summed E-state index contributed by atoms with van der Waals surface area (Å²) in [4.78, 5) is 11.2. The number of aromatic nitrogens is 4. The molecule has 6 heterocycles. The van der Waals surface area contributed by atoms with Crippen LogP contribution in [0.4, 0.5) is 0 Å². The van der Waals surface area contributed by atoms with Crippen molar-refractivity contribution in [1.29, 1.82) is 0 Å². The Morgan fingerprint density at radius 3 is 1.95 bits per heavy atom. The number of furan rings is 1. The fourth-order valence-corrected chi connectivity index (χ4v) is 11.7. The quantitative estimate of drug-likeness (QED) is 0.167. The summed E-state index contributed by atoms with van der Waals surface area (Å²) < 4.78 is 14.3. The van der Waals surface area contributed by atoms with Crippen molar-refractivity contribution in [2.45, 2.75) is 6.92 Å². The summed E-state index contributed by atoms with van der Waals surface area (Å²) in [5.74, 6) is 1.37. The predicted octanol–water partition coefficient (Wildman–Crippen LogP) is 15.3. The topological polar surface area (TPSA) is 48.3 Å². The lowest BCUT2D eigenvalue weighted by molar-refractivity contribution is 0.661. The first kappa shape index (κ1) is 33.1. The molecule has 0 N–H and O–H groups in total. The van der Waals surface area contributed by atoms with Gasteiger partial charge in [0.05, 0.1) is 26.8 Å². The largest absolute Gasteiger partial charge is 0.450 e. The van der Waals surface area contributed by atoms with Gasteiger partial charge in [-0.15, -0.1) is 11.3 Å². The smallest absolute Gasteiger partial charge is 0.197 e. The maximum atomic E-state index is 7.03. The fourth-order valence-electron chi connectivity index (χ4n) is 10.4. The van der Waals surface area contributed by atoms with Crippen molar-refractivity contribution >= 4 is 130 Å². The van der Waals surface area contributed by atoms with E-state index in [1.165, 1.54) is 74.4 Å². The summed E-state index contributed by atoms with van der Waals surface area (Å²) in [5, 5.41) is 14.1. The molecule has 6 aromatic heterocycles. The molecule has 284 valence electrons. The third-order valence-electron chi connectivity index (χ3n) is 13.0. The Labute approximate surface area is 351 Å². The zero-order chi connectivity index (χ0) is 40.1. The summed E-state index contributed by atoms with van der Waals surface area (Å²) in [6.45, 7) is 6.27. The van der Waals surface area contributed by atoms with Gasteiger partial charge in [0.25, 0.3) is 0 Å². The maximum Gasteiger partial charge on any atom is 0.197 e. The van der Waals surface area contributed by atoms with Crippen LogP contribution in [0.5, 0.6) is 0 Å². The highest BCUT2D eigenvalue weighted by Gasteiger charge is 2.28. The van der Waals surface area contributed by atoms with E-state index in [-0.39, 0.29) is 0 Å². The average molecular weight is 797 g/mol. The molecule has 0 unspecified atom stereocenters. The Hall–Kier alpha value is -7.80. The lowest BCUT2D eigenvalue weighted by Crippen LogP contribution is -2.04. The Morgan fingerprint density at radius 2 is 1.23 bits per heavy atom. The molecule has 0 radical (unpaired) electrons. The first-order valence-corrected chi connectivity index (χ1v) is 21.4. The van der Waals surface area contributed by atoms with Gasteiger partial charge in [0.1, 0.15) is 11.1 Å². The molecule has 0 amide bonds. The molecule has 0 spiro atoms. The van der Waals surface area contributed by atoms with Crippen molar-refractivity contribution in [2.75, 3.05) is 0 Å². The maximum absolute atomic E-state index is 7.03. The third-order valence-corrected chi connectivity index (χ3v) is 14.1. The molecule has 0 aliphatic rings. The van der Waals surface area contributed by atoms with Crippen molar-refractivity contribution in [3.8, 4) is 17.2 Å². The summed E-state index contributed by atoms with van der Waals surface area (Å²) in [5.41, 5.74) is 10.1. The second-order valence-corrected chi connectivity index (χ2v) is 17.2. The zero-order valence-corrected chi connectivity index (χ0v) is 33.7. The Kier molecular flexibility index (Phi) is 6.46. The van der Waals surface area contributed by atoms with E-state index in [0.29, 0.717) is 11.4 Å². The normalized spacial score (nSPS) is 12.7. The van der Waals surface area contributed by atoms with E-state index in [1.807, 2.05) is 23.5 Å². The van der Waals surface area contributed by atoms with E-state index in [2.05, 4.69) is 174 Å². The molecule has 0 atom stereocenters. The Bertz CT molecular complexity index is 4190.